The van der Waals surface area contributed by atoms with E-state index in [1.54, 1.807) is 6.07 Å². The lowest BCUT2D eigenvalue weighted by atomic mass is 10.1. The summed E-state index contributed by atoms with van der Waals surface area (Å²) in [6.07, 6.45) is 1.36. The quantitative estimate of drug-likeness (QED) is 0.578. The third-order valence-electron chi connectivity index (χ3n) is 3.05. The normalized spacial score (nSPS) is 13.4. The number of aromatic amines is 1. The van der Waals surface area contributed by atoms with Crippen LogP contribution in [0.1, 0.15) is 11.2 Å². The molecule has 10 heteroatoms. The Morgan fingerprint density at radius 3 is 2.86 bits per heavy atom. The summed E-state index contributed by atoms with van der Waals surface area (Å²) in [5.74, 6) is 0. The second-order valence-electron chi connectivity index (χ2n) is 4.38. The third-order valence-corrected chi connectivity index (χ3v) is 4.14. The molecule has 1 aromatic carbocycles. The summed E-state index contributed by atoms with van der Waals surface area (Å²) in [7, 11) is -4.61. The van der Waals surface area contributed by atoms with Crippen LogP contribution < -0.4 is 5.56 Å². The van der Waals surface area contributed by atoms with Crippen molar-refractivity contribution in [3.63, 3.8) is 0 Å². The Kier molecular flexibility index (Phi) is 2.88. The Morgan fingerprint density at radius 2 is 2.19 bits per heavy atom. The van der Waals surface area contributed by atoms with Crippen LogP contribution in [0.2, 0.25) is 0 Å². The predicted octanol–water partition coefficient (Wildman–Crippen LogP) is 0.313. The molecule has 21 heavy (non-hydrogen) atoms. The van der Waals surface area contributed by atoms with E-state index in [1.165, 1.54) is 28.9 Å². The van der Waals surface area contributed by atoms with Crippen LogP contribution in [0.5, 0.6) is 0 Å². The monoisotopic (exact) mass is 305 g/mol. The third kappa shape index (κ3) is 2.11. The molecule has 0 amide bonds. The van der Waals surface area contributed by atoms with E-state index in [1.807, 2.05) is 0 Å². The molecule has 0 aliphatic rings. The minimum absolute atomic E-state index is 0.113. The number of H-pyrrole nitrogens is 1. The smallest absolute Gasteiger partial charge is 0.323 e. The molecule has 0 aliphatic carbocycles. The Balaban J connectivity index is 2.31. The standard InChI is InChI=1S/C11H8N5O4P/c12-4-9(21(18,19)20)6-1-2-8-7(3-6)14-11(17)10-15-13-5-16(8)10/h1-3,5,9H,(H,14,17)(H2,18,19,20). The van der Waals surface area contributed by atoms with E-state index >= 15 is 0 Å². The fraction of sp³-hybridized carbons (Fsp3) is 0.0909. The van der Waals surface area contributed by atoms with Crippen molar-refractivity contribution in [1.82, 2.24) is 19.6 Å². The van der Waals surface area contributed by atoms with Crippen molar-refractivity contribution >= 4 is 24.3 Å². The van der Waals surface area contributed by atoms with Crippen molar-refractivity contribution in [2.45, 2.75) is 5.66 Å². The molecule has 0 radical (unpaired) electrons. The minimum atomic E-state index is -4.61. The highest BCUT2D eigenvalue weighted by atomic mass is 31.2. The van der Waals surface area contributed by atoms with E-state index in [2.05, 4.69) is 15.2 Å². The first kappa shape index (κ1) is 13.5. The summed E-state index contributed by atoms with van der Waals surface area (Å²) in [5.41, 5.74) is -0.938. The van der Waals surface area contributed by atoms with Crippen molar-refractivity contribution in [2.75, 3.05) is 0 Å². The van der Waals surface area contributed by atoms with Crippen molar-refractivity contribution in [2.24, 2.45) is 0 Å². The average molecular weight is 305 g/mol. The van der Waals surface area contributed by atoms with Crippen LogP contribution in [0.15, 0.2) is 29.3 Å². The van der Waals surface area contributed by atoms with Crippen molar-refractivity contribution in [1.29, 1.82) is 5.26 Å². The maximum Gasteiger partial charge on any atom is 0.347 e. The van der Waals surface area contributed by atoms with Crippen LogP contribution in [-0.4, -0.2) is 29.4 Å². The summed E-state index contributed by atoms with van der Waals surface area (Å²) in [4.78, 5) is 32.7. The maximum atomic E-state index is 11.8. The van der Waals surface area contributed by atoms with Crippen molar-refractivity contribution in [3.8, 4) is 6.07 Å². The number of nitrogens with one attached hydrogen (secondary N) is 1. The number of rotatable bonds is 2. The molecule has 9 nitrogen and oxygen atoms in total. The molecule has 0 saturated carbocycles. The highest BCUT2D eigenvalue weighted by Crippen LogP contribution is 2.51. The Labute approximate surface area is 116 Å². The first-order valence-electron chi connectivity index (χ1n) is 5.72. The Hall–Kier alpha value is -2.53. The van der Waals surface area contributed by atoms with Gasteiger partial charge in [-0.05, 0) is 17.7 Å². The van der Waals surface area contributed by atoms with E-state index in [0.717, 1.165) is 0 Å². The van der Waals surface area contributed by atoms with E-state index in [-0.39, 0.29) is 11.2 Å². The number of hydrogen-bond donors (Lipinski definition) is 3. The molecular weight excluding hydrogens is 297 g/mol. The highest BCUT2D eigenvalue weighted by molar-refractivity contribution is 7.52. The van der Waals surface area contributed by atoms with Gasteiger partial charge in [0, 0.05) is 0 Å². The second-order valence-corrected chi connectivity index (χ2v) is 6.07. The van der Waals surface area contributed by atoms with Gasteiger partial charge in [0.15, 0.2) is 5.66 Å². The molecule has 106 valence electrons. The molecule has 3 N–H and O–H groups in total. The Morgan fingerprint density at radius 1 is 1.43 bits per heavy atom. The van der Waals surface area contributed by atoms with Gasteiger partial charge in [0.1, 0.15) is 6.33 Å². The number of fused-ring (bicyclic) bond motifs is 3. The molecule has 0 saturated heterocycles. The van der Waals surface area contributed by atoms with Gasteiger partial charge in [0.2, 0.25) is 5.65 Å². The van der Waals surface area contributed by atoms with E-state index < -0.39 is 18.8 Å². The molecule has 3 rings (SSSR count). The number of benzene rings is 1. The lowest BCUT2D eigenvalue weighted by Gasteiger charge is -2.12. The SMILES string of the molecule is N#CC(c1ccc2c(c1)[nH]c(=O)c1nncn12)P(=O)(O)O. The molecule has 0 bridgehead atoms. The summed E-state index contributed by atoms with van der Waals surface area (Å²) >= 11 is 0. The maximum absolute atomic E-state index is 11.8. The largest absolute Gasteiger partial charge is 0.347 e. The first-order valence-corrected chi connectivity index (χ1v) is 7.40. The van der Waals surface area contributed by atoms with Crippen LogP contribution in [0.25, 0.3) is 16.7 Å². The van der Waals surface area contributed by atoms with Gasteiger partial charge in [-0.1, -0.05) is 6.07 Å². The van der Waals surface area contributed by atoms with Gasteiger partial charge in [0.25, 0.3) is 5.56 Å². The molecule has 1 atom stereocenters. The topological polar surface area (TPSA) is 144 Å². The molecule has 0 aliphatic heterocycles. The summed E-state index contributed by atoms with van der Waals surface area (Å²) in [6.45, 7) is 0. The van der Waals surface area contributed by atoms with Gasteiger partial charge >= 0.3 is 7.60 Å². The Bertz CT molecular complexity index is 995. The van der Waals surface area contributed by atoms with Crippen molar-refractivity contribution < 1.29 is 14.4 Å². The van der Waals surface area contributed by atoms with Gasteiger partial charge in [-0.25, -0.2) is 0 Å². The van der Waals surface area contributed by atoms with Gasteiger partial charge < -0.3 is 14.8 Å². The summed E-state index contributed by atoms with van der Waals surface area (Å²) in [6, 6.07) is 5.91. The van der Waals surface area contributed by atoms with Gasteiger partial charge in [-0.3, -0.25) is 13.8 Å². The summed E-state index contributed by atoms with van der Waals surface area (Å²) in [5, 5.41) is 16.3. The van der Waals surface area contributed by atoms with E-state index in [4.69, 9.17) is 5.26 Å². The van der Waals surface area contributed by atoms with Crippen LogP contribution in [0.4, 0.5) is 0 Å². The van der Waals surface area contributed by atoms with Gasteiger partial charge in [-0.2, -0.15) is 5.26 Å². The molecule has 0 spiro atoms. The van der Waals surface area contributed by atoms with Gasteiger partial charge in [-0.15, -0.1) is 10.2 Å². The van der Waals surface area contributed by atoms with E-state index in [9.17, 15) is 19.1 Å². The zero-order valence-electron chi connectivity index (χ0n) is 10.3. The fourth-order valence-electron chi connectivity index (χ4n) is 2.12. The minimum Gasteiger partial charge on any atom is -0.323 e. The average Bonchev–Trinajstić information content (AvgIpc) is 2.87. The lowest BCUT2D eigenvalue weighted by molar-refractivity contribution is 0.367. The number of nitrogens with zero attached hydrogens (tertiary/aromatic N) is 4. The molecular formula is C11H8N5O4P. The molecule has 1 unspecified atom stereocenters. The zero-order chi connectivity index (χ0) is 15.2. The second kappa shape index (κ2) is 4.49. The first-order chi connectivity index (χ1) is 9.91. The molecule has 2 heterocycles. The molecule has 2 aromatic heterocycles. The van der Waals surface area contributed by atoms with E-state index in [0.29, 0.717) is 11.0 Å². The number of hydrogen-bond acceptors (Lipinski definition) is 5. The van der Waals surface area contributed by atoms with Crippen molar-refractivity contribution in [3.05, 3.63) is 40.4 Å². The van der Waals surface area contributed by atoms with Crippen LogP contribution in [-0.2, 0) is 4.57 Å². The van der Waals surface area contributed by atoms with Crippen LogP contribution >= 0.6 is 7.60 Å². The zero-order valence-corrected chi connectivity index (χ0v) is 11.2. The van der Waals surface area contributed by atoms with Crippen LogP contribution in [0.3, 0.4) is 0 Å². The predicted molar refractivity (Wildman–Crippen MR) is 71.5 cm³/mol. The summed E-state index contributed by atoms with van der Waals surface area (Å²) < 4.78 is 12.8. The van der Waals surface area contributed by atoms with Gasteiger partial charge in [0.05, 0.1) is 17.1 Å². The number of aromatic nitrogens is 4. The lowest BCUT2D eigenvalue weighted by Crippen LogP contribution is -2.11. The molecule has 0 fully saturated rings. The van der Waals surface area contributed by atoms with Crippen LogP contribution in [0, 0.1) is 11.3 Å². The molecule has 3 aromatic rings. The fourth-order valence-corrected chi connectivity index (χ4v) is 2.82. The number of nitriles is 1. The highest BCUT2D eigenvalue weighted by Gasteiger charge is 2.30.